The first kappa shape index (κ1) is 17.9. The van der Waals surface area contributed by atoms with Gasteiger partial charge in [0.05, 0.1) is 5.52 Å². The van der Waals surface area contributed by atoms with Crippen LogP contribution in [0.25, 0.3) is 10.9 Å². The number of hydrogen-bond donors (Lipinski definition) is 1. The Balaban J connectivity index is 1.61. The van der Waals surface area contributed by atoms with Crippen molar-refractivity contribution >= 4 is 16.8 Å². The number of unbranched alkanes of at least 4 members (excludes halogenated alkanes) is 1. The van der Waals surface area contributed by atoms with Gasteiger partial charge in [0.1, 0.15) is 11.5 Å². The SMILES string of the molecule is COCCCCN1CCN(C(=O)c2[nH]c3c(F)cccc3c2C)CC1. The summed E-state index contributed by atoms with van der Waals surface area (Å²) in [6.45, 7) is 6.90. The zero-order valence-electron chi connectivity index (χ0n) is 15.0. The van der Waals surface area contributed by atoms with Crippen molar-refractivity contribution in [2.24, 2.45) is 0 Å². The monoisotopic (exact) mass is 347 g/mol. The fraction of sp³-hybridized carbons (Fsp3) is 0.526. The summed E-state index contributed by atoms with van der Waals surface area (Å²) in [5, 5.41) is 0.778. The zero-order valence-corrected chi connectivity index (χ0v) is 15.0. The highest BCUT2D eigenvalue weighted by atomic mass is 19.1. The molecule has 1 aromatic heterocycles. The number of methoxy groups -OCH3 is 1. The maximum absolute atomic E-state index is 13.9. The predicted octanol–water partition coefficient (Wildman–Crippen LogP) is 2.80. The molecule has 0 atom stereocenters. The second-order valence-corrected chi connectivity index (χ2v) is 6.62. The molecule has 1 fully saturated rings. The minimum absolute atomic E-state index is 0.0351. The van der Waals surface area contributed by atoms with Crippen molar-refractivity contribution in [3.8, 4) is 0 Å². The minimum Gasteiger partial charge on any atom is -0.385 e. The van der Waals surface area contributed by atoms with Crippen LogP contribution < -0.4 is 0 Å². The van der Waals surface area contributed by atoms with E-state index in [1.165, 1.54) is 6.07 Å². The van der Waals surface area contributed by atoms with Gasteiger partial charge in [-0.3, -0.25) is 9.69 Å². The number of amides is 1. The lowest BCUT2D eigenvalue weighted by atomic mass is 10.1. The Morgan fingerprint density at radius 1 is 1.24 bits per heavy atom. The number of nitrogens with zero attached hydrogens (tertiary/aromatic N) is 2. The number of piperazine rings is 1. The van der Waals surface area contributed by atoms with Crippen molar-refractivity contribution in [3.05, 3.63) is 35.3 Å². The van der Waals surface area contributed by atoms with Gasteiger partial charge < -0.3 is 14.6 Å². The number of carbonyl (C=O) groups excluding carboxylic acids is 1. The van der Waals surface area contributed by atoms with E-state index in [1.807, 2.05) is 17.9 Å². The van der Waals surface area contributed by atoms with E-state index >= 15 is 0 Å². The standard InChI is InChI=1S/C19H26FN3O2/c1-14-15-6-5-7-16(20)18(15)21-17(14)19(24)23-11-9-22(10-12-23)8-3-4-13-25-2/h5-7,21H,3-4,8-13H2,1-2H3. The first-order chi connectivity index (χ1) is 12.1. The molecule has 1 aliphatic rings. The summed E-state index contributed by atoms with van der Waals surface area (Å²) >= 11 is 0. The summed E-state index contributed by atoms with van der Waals surface area (Å²) in [6.07, 6.45) is 2.18. The average molecular weight is 347 g/mol. The Morgan fingerprint density at radius 3 is 2.68 bits per heavy atom. The molecule has 136 valence electrons. The van der Waals surface area contributed by atoms with E-state index in [2.05, 4.69) is 9.88 Å². The third-order valence-corrected chi connectivity index (χ3v) is 4.99. The van der Waals surface area contributed by atoms with Gasteiger partial charge >= 0.3 is 0 Å². The minimum atomic E-state index is -0.319. The van der Waals surface area contributed by atoms with Crippen LogP contribution in [0.15, 0.2) is 18.2 Å². The van der Waals surface area contributed by atoms with Crippen LogP contribution in [0.5, 0.6) is 0 Å². The van der Waals surface area contributed by atoms with Crippen molar-refractivity contribution in [2.45, 2.75) is 19.8 Å². The Hall–Kier alpha value is -1.92. The zero-order chi connectivity index (χ0) is 17.8. The highest BCUT2D eigenvalue weighted by Crippen LogP contribution is 2.25. The van der Waals surface area contributed by atoms with Crippen molar-refractivity contribution in [3.63, 3.8) is 0 Å². The van der Waals surface area contributed by atoms with Gasteiger partial charge in [-0.1, -0.05) is 12.1 Å². The number of rotatable bonds is 6. The van der Waals surface area contributed by atoms with E-state index in [4.69, 9.17) is 4.74 Å². The van der Waals surface area contributed by atoms with E-state index in [1.54, 1.807) is 13.2 Å². The number of H-pyrrole nitrogens is 1. The van der Waals surface area contributed by atoms with E-state index < -0.39 is 0 Å². The molecule has 2 aromatic rings. The van der Waals surface area contributed by atoms with Gasteiger partial charge in [-0.25, -0.2) is 4.39 Å². The quantitative estimate of drug-likeness (QED) is 0.818. The lowest BCUT2D eigenvalue weighted by molar-refractivity contribution is 0.0627. The van der Waals surface area contributed by atoms with Gasteiger partial charge in [-0.15, -0.1) is 0 Å². The van der Waals surface area contributed by atoms with Crippen LogP contribution in [0.1, 0.15) is 28.9 Å². The maximum Gasteiger partial charge on any atom is 0.270 e. The first-order valence-electron chi connectivity index (χ1n) is 8.89. The molecule has 3 rings (SSSR count). The Kier molecular flexibility index (Phi) is 5.71. The number of halogens is 1. The molecule has 1 N–H and O–H groups in total. The summed E-state index contributed by atoms with van der Waals surface area (Å²) in [6, 6.07) is 4.93. The molecule has 1 aliphatic heterocycles. The van der Waals surface area contributed by atoms with Gasteiger partial charge in [0.15, 0.2) is 0 Å². The molecular formula is C19H26FN3O2. The van der Waals surface area contributed by atoms with Gasteiger partial charge in [0, 0.05) is 45.3 Å². The molecule has 0 unspecified atom stereocenters. The fourth-order valence-electron chi connectivity index (χ4n) is 3.45. The number of carbonyl (C=O) groups is 1. The number of para-hydroxylation sites is 1. The Labute approximate surface area is 147 Å². The number of aromatic amines is 1. The maximum atomic E-state index is 13.9. The molecule has 0 radical (unpaired) electrons. The lowest BCUT2D eigenvalue weighted by Crippen LogP contribution is -2.49. The third-order valence-electron chi connectivity index (χ3n) is 4.99. The number of fused-ring (bicyclic) bond motifs is 1. The number of nitrogens with one attached hydrogen (secondary N) is 1. The van der Waals surface area contributed by atoms with E-state index in [-0.39, 0.29) is 11.7 Å². The average Bonchev–Trinajstić information content (AvgIpc) is 2.97. The molecule has 5 nitrogen and oxygen atoms in total. The molecule has 0 aliphatic carbocycles. The second-order valence-electron chi connectivity index (χ2n) is 6.62. The highest BCUT2D eigenvalue weighted by Gasteiger charge is 2.25. The molecule has 25 heavy (non-hydrogen) atoms. The summed E-state index contributed by atoms with van der Waals surface area (Å²) in [4.78, 5) is 20.1. The number of benzene rings is 1. The van der Waals surface area contributed by atoms with Crippen LogP contribution in [-0.4, -0.2) is 67.1 Å². The molecular weight excluding hydrogens is 321 g/mol. The van der Waals surface area contributed by atoms with E-state index in [0.717, 1.165) is 50.0 Å². The third kappa shape index (κ3) is 3.85. The predicted molar refractivity (Wildman–Crippen MR) is 96.4 cm³/mol. The summed E-state index contributed by atoms with van der Waals surface area (Å²) in [5.41, 5.74) is 1.75. The Bertz CT molecular complexity index is 736. The number of hydrogen-bond acceptors (Lipinski definition) is 3. The van der Waals surface area contributed by atoms with Crippen molar-refractivity contribution < 1.29 is 13.9 Å². The largest absolute Gasteiger partial charge is 0.385 e. The highest BCUT2D eigenvalue weighted by molar-refractivity contribution is 6.01. The lowest BCUT2D eigenvalue weighted by Gasteiger charge is -2.34. The first-order valence-corrected chi connectivity index (χ1v) is 8.89. The smallest absolute Gasteiger partial charge is 0.270 e. The molecule has 0 bridgehead atoms. The van der Waals surface area contributed by atoms with Crippen LogP contribution in [0.2, 0.25) is 0 Å². The molecule has 2 heterocycles. The molecule has 1 saturated heterocycles. The molecule has 6 heteroatoms. The molecule has 0 spiro atoms. The van der Waals surface area contributed by atoms with Gasteiger partial charge in [-0.05, 0) is 37.9 Å². The van der Waals surface area contributed by atoms with Crippen LogP contribution in [0.3, 0.4) is 0 Å². The summed E-state index contributed by atoms with van der Waals surface area (Å²) < 4.78 is 19.0. The van der Waals surface area contributed by atoms with Crippen LogP contribution >= 0.6 is 0 Å². The summed E-state index contributed by atoms with van der Waals surface area (Å²) in [5.74, 6) is -0.354. The van der Waals surface area contributed by atoms with Crippen LogP contribution in [0, 0.1) is 12.7 Å². The normalized spacial score (nSPS) is 15.9. The molecule has 1 amide bonds. The van der Waals surface area contributed by atoms with Gasteiger partial charge in [0.2, 0.25) is 0 Å². The second kappa shape index (κ2) is 7.97. The summed E-state index contributed by atoms with van der Waals surface area (Å²) in [7, 11) is 1.72. The molecule has 0 saturated carbocycles. The van der Waals surface area contributed by atoms with E-state index in [9.17, 15) is 9.18 Å². The van der Waals surface area contributed by atoms with Crippen LogP contribution in [0.4, 0.5) is 4.39 Å². The van der Waals surface area contributed by atoms with Gasteiger partial charge in [0.25, 0.3) is 5.91 Å². The van der Waals surface area contributed by atoms with E-state index in [0.29, 0.717) is 24.3 Å². The van der Waals surface area contributed by atoms with Crippen LogP contribution in [-0.2, 0) is 4.74 Å². The Morgan fingerprint density at radius 2 is 2.00 bits per heavy atom. The van der Waals surface area contributed by atoms with Crippen molar-refractivity contribution in [1.29, 1.82) is 0 Å². The van der Waals surface area contributed by atoms with Gasteiger partial charge in [-0.2, -0.15) is 0 Å². The topological polar surface area (TPSA) is 48.6 Å². The molecule has 1 aromatic carbocycles. The van der Waals surface area contributed by atoms with Crippen molar-refractivity contribution in [1.82, 2.24) is 14.8 Å². The number of aryl methyl sites for hydroxylation is 1. The fourth-order valence-corrected chi connectivity index (χ4v) is 3.45. The van der Waals surface area contributed by atoms with Crippen molar-refractivity contribution in [2.75, 3.05) is 46.4 Å². The number of ether oxygens (including phenoxy) is 1. The number of aromatic nitrogens is 1.